The molecule has 0 aliphatic carbocycles. The van der Waals surface area contributed by atoms with Gasteiger partial charge in [0.15, 0.2) is 16.6 Å². The van der Waals surface area contributed by atoms with Gasteiger partial charge in [0.05, 0.1) is 12.8 Å². The molecule has 17 nitrogen and oxygen atoms in total. The predicted octanol–water partition coefficient (Wildman–Crippen LogP) is 8.26. The van der Waals surface area contributed by atoms with Crippen LogP contribution in [0.15, 0.2) is 60.7 Å². The summed E-state index contributed by atoms with van der Waals surface area (Å²) in [6.07, 6.45) is 2.51. The molecular formula is C50H92N2O15Si6. The number of rotatable bonds is 42. The first-order valence-electron chi connectivity index (χ1n) is 26.5. The molecule has 0 fully saturated rings. The summed E-state index contributed by atoms with van der Waals surface area (Å²) in [4.78, 5) is 51.0. The molecule has 0 saturated carbocycles. The van der Waals surface area contributed by atoms with Gasteiger partial charge in [-0.1, -0.05) is 73.5 Å². The van der Waals surface area contributed by atoms with E-state index in [9.17, 15) is 29.4 Å². The van der Waals surface area contributed by atoms with Gasteiger partial charge >= 0.3 is 46.7 Å². The molecule has 416 valence electrons. The van der Waals surface area contributed by atoms with Crippen LogP contribution in [0.25, 0.3) is 0 Å². The summed E-state index contributed by atoms with van der Waals surface area (Å²) >= 11 is 0. The molecule has 0 aliphatic heterocycles. The number of benzene rings is 2. The van der Waals surface area contributed by atoms with Gasteiger partial charge in [-0.05, 0) is 129 Å². The molecule has 2 aromatic carbocycles. The summed E-state index contributed by atoms with van der Waals surface area (Å²) in [5, 5.41) is 27.5. The Morgan fingerprint density at radius 2 is 0.795 bits per heavy atom. The quantitative estimate of drug-likeness (QED) is 0.0364. The average molecular weight is 1130 g/mol. The molecule has 0 radical (unpaired) electrons. The number of carbonyl (C=O) groups is 4. The van der Waals surface area contributed by atoms with Crippen LogP contribution in [0.2, 0.25) is 63.5 Å². The van der Waals surface area contributed by atoms with Crippen molar-refractivity contribution in [3.8, 4) is 0 Å². The van der Waals surface area contributed by atoms with Crippen molar-refractivity contribution < 1.29 is 68.3 Å². The Balaban J connectivity index is 2.27. The lowest BCUT2D eigenvalue weighted by molar-refractivity contribution is -0.141. The van der Waals surface area contributed by atoms with Crippen LogP contribution in [0.5, 0.6) is 0 Å². The fourth-order valence-corrected chi connectivity index (χ4v) is 33.1. The predicted molar refractivity (Wildman–Crippen MR) is 299 cm³/mol. The third-order valence-electron chi connectivity index (χ3n) is 12.0. The molecule has 73 heavy (non-hydrogen) atoms. The second-order valence-electron chi connectivity index (χ2n) is 19.7. The highest BCUT2D eigenvalue weighted by molar-refractivity contribution is 7.02. The van der Waals surface area contributed by atoms with Gasteiger partial charge in [0.2, 0.25) is 11.8 Å². The second-order valence-corrected chi connectivity index (χ2v) is 40.8. The highest BCUT2D eigenvalue weighted by atomic mass is 28.5. The van der Waals surface area contributed by atoms with Gasteiger partial charge in [-0.2, -0.15) is 0 Å². The third kappa shape index (κ3) is 24.4. The lowest BCUT2D eigenvalue weighted by Gasteiger charge is -2.44. The molecule has 0 spiro atoms. The highest BCUT2D eigenvalue weighted by Crippen LogP contribution is 2.30. The molecule has 2 amide bonds. The smallest absolute Gasteiger partial charge is 0.481 e. The lowest BCUT2D eigenvalue weighted by Crippen LogP contribution is -2.71. The van der Waals surface area contributed by atoms with Crippen molar-refractivity contribution in [1.29, 1.82) is 0 Å². The number of amides is 2. The van der Waals surface area contributed by atoms with Crippen molar-refractivity contribution >= 4 is 85.5 Å². The summed E-state index contributed by atoms with van der Waals surface area (Å²) in [6.45, 7) is 27.5. The van der Waals surface area contributed by atoms with Gasteiger partial charge in [0.1, 0.15) is 0 Å². The van der Waals surface area contributed by atoms with Crippen molar-refractivity contribution in [1.82, 2.24) is 10.6 Å². The zero-order chi connectivity index (χ0) is 54.6. The molecule has 23 heteroatoms. The van der Waals surface area contributed by atoms with E-state index in [2.05, 4.69) is 74.2 Å². The Morgan fingerprint density at radius 3 is 1.11 bits per heavy atom. The normalized spacial score (nSPS) is 13.6. The van der Waals surface area contributed by atoms with E-state index in [1.54, 1.807) is 0 Å². The van der Waals surface area contributed by atoms with E-state index in [1.807, 2.05) is 77.9 Å². The largest absolute Gasteiger partial charge is 0.500 e. The van der Waals surface area contributed by atoms with Gasteiger partial charge in [0, 0.05) is 76.7 Å². The van der Waals surface area contributed by atoms with Crippen molar-refractivity contribution in [2.45, 2.75) is 156 Å². The minimum absolute atomic E-state index is 0.276. The maximum absolute atomic E-state index is 13.6. The van der Waals surface area contributed by atoms with Crippen molar-refractivity contribution in [3.63, 3.8) is 0 Å². The van der Waals surface area contributed by atoms with Gasteiger partial charge in [-0.15, -0.1) is 0 Å². The maximum atomic E-state index is 13.6. The van der Waals surface area contributed by atoms with E-state index >= 15 is 0 Å². The fourth-order valence-electron chi connectivity index (χ4n) is 9.21. The number of carboxylic acid groups (broad SMARTS) is 2. The number of hydrogen-bond acceptors (Lipinski definition) is 13. The maximum Gasteiger partial charge on any atom is 0.500 e. The number of aliphatic carboxylic acids is 2. The Kier molecular flexibility index (Phi) is 30.4. The van der Waals surface area contributed by atoms with Crippen LogP contribution in [-0.2, 0) is 58.1 Å². The molecule has 4 N–H and O–H groups in total. The van der Waals surface area contributed by atoms with E-state index in [1.165, 1.54) is 0 Å². The van der Waals surface area contributed by atoms with Crippen molar-refractivity contribution in [2.24, 2.45) is 11.8 Å². The van der Waals surface area contributed by atoms with E-state index < -0.39 is 75.1 Å². The number of nitrogens with one attached hydrogen (secondary N) is 2. The summed E-state index contributed by atoms with van der Waals surface area (Å²) < 4.78 is 58.0. The topological polar surface area (TPSA) is 216 Å². The van der Waals surface area contributed by atoms with Gasteiger partial charge in [0.25, 0.3) is 0 Å². The van der Waals surface area contributed by atoms with Crippen LogP contribution in [0, 0.1) is 11.8 Å². The monoisotopic (exact) mass is 1130 g/mol. The molecule has 2 rings (SSSR count). The first kappa shape index (κ1) is 66.4. The van der Waals surface area contributed by atoms with Crippen molar-refractivity contribution in [2.75, 3.05) is 52.7 Å². The molecule has 0 aromatic heterocycles. The molecular weight excluding hydrogens is 1040 g/mol. The average Bonchev–Trinajstić information content (AvgIpc) is 3.31. The van der Waals surface area contributed by atoms with Crippen LogP contribution in [-0.4, -0.2) is 138 Å². The zero-order valence-corrected chi connectivity index (χ0v) is 52.3. The lowest BCUT2D eigenvalue weighted by atomic mass is 9.99. The summed E-state index contributed by atoms with van der Waals surface area (Å²) in [7, 11) is -17.6. The highest BCUT2D eigenvalue weighted by Gasteiger charge is 2.52. The van der Waals surface area contributed by atoms with E-state index in [-0.39, 0.29) is 24.7 Å². The molecule has 0 aliphatic rings. The number of carboxylic acids is 2. The SMILES string of the molecule is CCO[Si](CCCNC(=O)C(CCC[Si](C)(C)O[Si](C)(C)O[Si](O[Si](C)(C)CCCC(CC(=O)O)C(=O)NCCC[Si](OCC)(OCC)OCC)(c1ccccc1)c1ccccc1)CC(=O)O)(OCC)OCC. The van der Waals surface area contributed by atoms with Gasteiger partial charge in [-0.25, -0.2) is 0 Å². The minimum atomic E-state index is -3.54. The summed E-state index contributed by atoms with van der Waals surface area (Å²) in [5.41, 5.74) is 0. The Bertz CT molecular complexity index is 1830. The van der Waals surface area contributed by atoms with Gasteiger partial charge in [-0.3, -0.25) is 19.2 Å². The Labute approximate surface area is 443 Å². The van der Waals surface area contributed by atoms with E-state index in [0.29, 0.717) is 115 Å². The molecule has 0 saturated heterocycles. The van der Waals surface area contributed by atoms with Crippen LogP contribution in [0.4, 0.5) is 0 Å². The van der Waals surface area contributed by atoms with Crippen LogP contribution in [0.3, 0.4) is 0 Å². The van der Waals surface area contributed by atoms with Crippen LogP contribution < -0.4 is 21.0 Å². The van der Waals surface area contributed by atoms with Crippen molar-refractivity contribution in [3.05, 3.63) is 60.7 Å². The number of carbonyl (C=O) groups excluding carboxylic acids is 2. The van der Waals surface area contributed by atoms with E-state index in [0.717, 1.165) is 10.4 Å². The first-order valence-corrected chi connectivity index (χ1v) is 41.3. The molecule has 2 unspecified atom stereocenters. The van der Waals surface area contributed by atoms with Crippen LogP contribution >= 0.6 is 0 Å². The first-order chi connectivity index (χ1) is 34.5. The Morgan fingerprint density at radius 1 is 0.466 bits per heavy atom. The minimum Gasteiger partial charge on any atom is -0.481 e. The van der Waals surface area contributed by atoms with E-state index in [4.69, 9.17) is 38.9 Å². The zero-order valence-electron chi connectivity index (χ0n) is 46.3. The second kappa shape index (κ2) is 33.4. The standard InChI is InChI=1S/C50H92N2O15Si6/c1-13-59-71(60-14-2,61-15-3)39-27-35-51-49(57)43(41-47(53)54)29-25-37-68(7,8)65-70(11,12)67-73(45-31-21-19-22-32-45,46-33-23-20-24-34-46)66-69(9,10)38-26-30-44(42-48(55)56)50(58)52-36-28-40-72(62-16-4,63-17-5)64-18-6/h19-24,31-34,43-44H,13-18,25-30,35-42H2,1-12H3,(H,51,57)(H,52,58)(H,53,54)(H,55,56). The molecule has 0 bridgehead atoms. The molecule has 2 aromatic rings. The number of hydrogen-bond donors (Lipinski definition) is 4. The molecule has 0 heterocycles. The van der Waals surface area contributed by atoms with Crippen LogP contribution in [0.1, 0.15) is 92.9 Å². The Hall–Kier alpha value is -2.74. The fraction of sp³-hybridized carbons (Fsp3) is 0.680. The summed E-state index contributed by atoms with van der Waals surface area (Å²) in [6, 6.07) is 22.5. The van der Waals surface area contributed by atoms with Gasteiger partial charge < -0.3 is 59.7 Å². The summed E-state index contributed by atoms with van der Waals surface area (Å²) in [5.74, 6) is -4.08. The molecule has 2 atom stereocenters. The third-order valence-corrected chi connectivity index (χ3v) is 34.2.